The molecule has 0 bridgehead atoms. The van der Waals surface area contributed by atoms with Crippen molar-refractivity contribution in [2.24, 2.45) is 5.41 Å². The highest BCUT2D eigenvalue weighted by Gasteiger charge is 2.64. The maximum Gasteiger partial charge on any atom is 0.329 e. The van der Waals surface area contributed by atoms with Gasteiger partial charge in [0.2, 0.25) is 5.91 Å². The number of ether oxygens (including phenoxy) is 3. The van der Waals surface area contributed by atoms with Crippen LogP contribution in [0.1, 0.15) is 19.4 Å². The molecule has 5 rings (SSSR count). The Morgan fingerprint density at radius 3 is 2.44 bits per heavy atom. The lowest BCUT2D eigenvalue weighted by atomic mass is 9.69. The van der Waals surface area contributed by atoms with Gasteiger partial charge in [-0.1, -0.05) is 18.2 Å². The van der Waals surface area contributed by atoms with E-state index in [1.807, 2.05) is 34.1 Å². The Morgan fingerprint density at radius 2 is 1.72 bits per heavy atom. The van der Waals surface area contributed by atoms with E-state index in [2.05, 4.69) is 4.90 Å². The first-order valence-electron chi connectivity index (χ1n) is 11.2. The van der Waals surface area contributed by atoms with Crippen LogP contribution < -0.4 is 4.90 Å². The van der Waals surface area contributed by atoms with Crippen LogP contribution in [-0.4, -0.2) is 92.0 Å². The number of cyclic esters (lactones) is 2. The van der Waals surface area contributed by atoms with Gasteiger partial charge in [0.1, 0.15) is 0 Å². The molecule has 172 valence electrons. The predicted molar refractivity (Wildman–Crippen MR) is 114 cm³/mol. The van der Waals surface area contributed by atoms with E-state index in [0.717, 1.165) is 11.3 Å². The Balaban J connectivity index is 1.45. The highest BCUT2D eigenvalue weighted by atomic mass is 16.7. The van der Waals surface area contributed by atoms with Crippen LogP contribution >= 0.6 is 0 Å². The number of fused-ring (bicyclic) bond motifs is 4. The topological polar surface area (TPSA) is 88.6 Å². The molecule has 1 aromatic carbocycles. The van der Waals surface area contributed by atoms with Gasteiger partial charge in [-0.2, -0.15) is 0 Å². The molecule has 9 nitrogen and oxygen atoms in total. The van der Waals surface area contributed by atoms with Crippen LogP contribution in [0.2, 0.25) is 0 Å². The summed E-state index contributed by atoms with van der Waals surface area (Å²) in [5, 5.41) is 0. The first kappa shape index (κ1) is 21.2. The molecule has 0 saturated carbocycles. The minimum atomic E-state index is -1.45. The summed E-state index contributed by atoms with van der Waals surface area (Å²) in [5.41, 5.74) is 0.493. The van der Waals surface area contributed by atoms with Crippen molar-refractivity contribution in [1.82, 2.24) is 9.80 Å². The number of carbonyl (C=O) groups excluding carboxylic acids is 3. The lowest BCUT2D eigenvalue weighted by Crippen LogP contribution is -2.71. The highest BCUT2D eigenvalue weighted by molar-refractivity contribution is 6.04. The standard InChI is InChI=1S/C23H29N3O6/c1-22(2)31-20(28)23(21(29)32-22)13-16-5-3-4-6-17(16)26-8-7-24(14-18(23)26)15-19(27)25-9-11-30-12-10-25/h3-6,18H,7-15H2,1-2H3. The number of esters is 2. The molecule has 0 aromatic heterocycles. The van der Waals surface area contributed by atoms with Crippen LogP contribution in [0.5, 0.6) is 0 Å². The number of benzene rings is 1. The molecule has 4 heterocycles. The first-order chi connectivity index (χ1) is 15.3. The summed E-state index contributed by atoms with van der Waals surface area (Å²) in [6.45, 7) is 7.32. The molecular formula is C23H29N3O6. The van der Waals surface area contributed by atoms with Gasteiger partial charge in [-0.25, -0.2) is 0 Å². The minimum absolute atomic E-state index is 0.0435. The molecular weight excluding hydrogens is 414 g/mol. The number of anilines is 1. The van der Waals surface area contributed by atoms with Crippen LogP contribution in [0.3, 0.4) is 0 Å². The Bertz CT molecular complexity index is 921. The molecule has 32 heavy (non-hydrogen) atoms. The third-order valence-corrected chi connectivity index (χ3v) is 6.93. The molecule has 3 fully saturated rings. The van der Waals surface area contributed by atoms with Gasteiger partial charge < -0.3 is 24.0 Å². The Hall–Kier alpha value is -2.65. The summed E-state index contributed by atoms with van der Waals surface area (Å²) in [6.07, 6.45) is 0.226. The average molecular weight is 444 g/mol. The van der Waals surface area contributed by atoms with E-state index >= 15 is 0 Å². The van der Waals surface area contributed by atoms with E-state index in [9.17, 15) is 14.4 Å². The molecule has 0 N–H and O–H groups in total. The second-order valence-corrected chi connectivity index (χ2v) is 9.39. The minimum Gasteiger partial charge on any atom is -0.422 e. The van der Waals surface area contributed by atoms with Gasteiger partial charge in [-0.3, -0.25) is 19.3 Å². The van der Waals surface area contributed by atoms with E-state index in [4.69, 9.17) is 14.2 Å². The largest absolute Gasteiger partial charge is 0.422 e. The molecule has 4 aliphatic heterocycles. The van der Waals surface area contributed by atoms with Crippen LogP contribution in [0.15, 0.2) is 24.3 Å². The number of morpholine rings is 1. The van der Waals surface area contributed by atoms with Crippen molar-refractivity contribution >= 4 is 23.5 Å². The number of hydrogen-bond acceptors (Lipinski definition) is 8. The van der Waals surface area contributed by atoms with Crippen LogP contribution in [0.25, 0.3) is 0 Å². The Labute approximate surface area is 187 Å². The fourth-order valence-corrected chi connectivity index (χ4v) is 5.31. The zero-order valence-electron chi connectivity index (χ0n) is 18.5. The molecule has 1 unspecified atom stereocenters. The first-order valence-corrected chi connectivity index (χ1v) is 11.2. The number of rotatable bonds is 2. The third kappa shape index (κ3) is 3.44. The van der Waals surface area contributed by atoms with E-state index in [-0.39, 0.29) is 18.9 Å². The van der Waals surface area contributed by atoms with Crippen molar-refractivity contribution in [2.75, 3.05) is 57.4 Å². The SMILES string of the molecule is CC1(C)OC(=O)C2(Cc3ccccc3N3CCN(CC(=O)N4CCOCC4)CC32)C(=O)O1. The zero-order valence-corrected chi connectivity index (χ0v) is 18.5. The maximum absolute atomic E-state index is 13.4. The number of carbonyl (C=O) groups is 3. The van der Waals surface area contributed by atoms with Crippen molar-refractivity contribution in [3.8, 4) is 0 Å². The van der Waals surface area contributed by atoms with E-state index < -0.39 is 29.2 Å². The summed E-state index contributed by atoms with van der Waals surface area (Å²) < 4.78 is 16.5. The van der Waals surface area contributed by atoms with Gasteiger partial charge in [-0.05, 0) is 11.6 Å². The smallest absolute Gasteiger partial charge is 0.329 e. The molecule has 1 atom stereocenters. The van der Waals surface area contributed by atoms with Crippen LogP contribution in [0, 0.1) is 5.41 Å². The normalized spacial score (nSPS) is 26.8. The molecule has 0 aliphatic carbocycles. The number of para-hydroxylation sites is 1. The van der Waals surface area contributed by atoms with Gasteiger partial charge in [0.05, 0.1) is 25.8 Å². The second-order valence-electron chi connectivity index (χ2n) is 9.39. The summed E-state index contributed by atoms with van der Waals surface area (Å²) in [6, 6.07) is 7.37. The van der Waals surface area contributed by atoms with E-state index in [1.165, 1.54) is 0 Å². The van der Waals surface area contributed by atoms with Gasteiger partial charge in [-0.15, -0.1) is 0 Å². The molecule has 3 saturated heterocycles. The average Bonchev–Trinajstić information content (AvgIpc) is 2.77. The third-order valence-electron chi connectivity index (χ3n) is 6.93. The van der Waals surface area contributed by atoms with Crippen molar-refractivity contribution in [3.63, 3.8) is 0 Å². The Morgan fingerprint density at radius 1 is 1.03 bits per heavy atom. The van der Waals surface area contributed by atoms with Crippen LogP contribution in [-0.2, 0) is 35.0 Å². The number of nitrogens with zero attached hydrogens (tertiary/aromatic N) is 3. The number of hydrogen-bond donors (Lipinski definition) is 0. The summed E-state index contributed by atoms with van der Waals surface area (Å²) in [7, 11) is 0. The van der Waals surface area contributed by atoms with Gasteiger partial charge in [0, 0.05) is 58.7 Å². The van der Waals surface area contributed by atoms with E-state index in [0.29, 0.717) is 45.9 Å². The predicted octanol–water partition coefficient (Wildman–Crippen LogP) is 0.415. The highest BCUT2D eigenvalue weighted by Crippen LogP contribution is 2.47. The molecule has 1 aromatic rings. The van der Waals surface area contributed by atoms with E-state index in [1.54, 1.807) is 13.8 Å². The molecule has 4 aliphatic rings. The van der Waals surface area contributed by atoms with Crippen molar-refractivity contribution in [2.45, 2.75) is 32.1 Å². The van der Waals surface area contributed by atoms with Gasteiger partial charge >= 0.3 is 11.9 Å². The lowest BCUT2D eigenvalue weighted by Gasteiger charge is -2.54. The van der Waals surface area contributed by atoms with Crippen molar-refractivity contribution in [3.05, 3.63) is 29.8 Å². The molecule has 9 heteroatoms. The quantitative estimate of drug-likeness (QED) is 0.480. The fraction of sp³-hybridized carbons (Fsp3) is 0.609. The number of piperazine rings is 1. The summed E-state index contributed by atoms with van der Waals surface area (Å²) in [4.78, 5) is 45.6. The zero-order chi connectivity index (χ0) is 22.5. The molecule has 1 spiro atoms. The Kier molecular flexibility index (Phi) is 5.13. The number of amides is 1. The fourth-order valence-electron chi connectivity index (χ4n) is 5.31. The maximum atomic E-state index is 13.4. The molecule has 0 radical (unpaired) electrons. The summed E-state index contributed by atoms with van der Waals surface area (Å²) >= 11 is 0. The van der Waals surface area contributed by atoms with Crippen LogP contribution in [0.4, 0.5) is 5.69 Å². The monoisotopic (exact) mass is 443 g/mol. The summed E-state index contributed by atoms with van der Waals surface area (Å²) in [5.74, 6) is -2.35. The lowest BCUT2D eigenvalue weighted by molar-refractivity contribution is -0.253. The van der Waals surface area contributed by atoms with Gasteiger partial charge in [0.25, 0.3) is 5.79 Å². The second kappa shape index (κ2) is 7.74. The van der Waals surface area contributed by atoms with Gasteiger partial charge in [0.15, 0.2) is 5.41 Å². The molecule has 1 amide bonds. The van der Waals surface area contributed by atoms with Crippen molar-refractivity contribution < 1.29 is 28.6 Å². The van der Waals surface area contributed by atoms with Crippen molar-refractivity contribution in [1.29, 1.82) is 0 Å².